The highest BCUT2D eigenvalue weighted by Crippen LogP contribution is 2.28. The van der Waals surface area contributed by atoms with Crippen LogP contribution in [0.3, 0.4) is 0 Å². The van der Waals surface area contributed by atoms with Crippen LogP contribution in [0.25, 0.3) is 0 Å². The number of amides is 1. The Kier molecular flexibility index (Phi) is 6.34. The fourth-order valence-corrected chi connectivity index (χ4v) is 6.34. The number of hydrogen-bond acceptors (Lipinski definition) is 4. The number of nitrogens with zero attached hydrogens (tertiary/aromatic N) is 1. The van der Waals surface area contributed by atoms with E-state index in [9.17, 15) is 13.2 Å². The minimum atomic E-state index is -3.62. The zero-order valence-corrected chi connectivity index (χ0v) is 18.9. The fraction of sp³-hybridized carbons (Fsp3) is 0.458. The Balaban J connectivity index is 1.41. The summed E-state index contributed by atoms with van der Waals surface area (Å²) in [4.78, 5) is 12.9. The highest BCUT2D eigenvalue weighted by atomic mass is 32.2. The average molecular weight is 443 g/mol. The van der Waals surface area contributed by atoms with E-state index in [-0.39, 0.29) is 16.7 Å². The third-order valence-corrected chi connectivity index (χ3v) is 7.90. The lowest BCUT2D eigenvalue weighted by Crippen LogP contribution is -2.42. The molecule has 0 aliphatic carbocycles. The molecule has 2 heterocycles. The van der Waals surface area contributed by atoms with Crippen LogP contribution in [0.15, 0.2) is 53.4 Å². The molecule has 3 atom stereocenters. The zero-order chi connectivity index (χ0) is 22.0. The maximum Gasteiger partial charge on any atom is 0.251 e. The summed E-state index contributed by atoms with van der Waals surface area (Å²) in [5.74, 6) is 1.48. The van der Waals surface area contributed by atoms with Crippen LogP contribution in [-0.2, 0) is 16.4 Å². The first-order chi connectivity index (χ1) is 14.8. The van der Waals surface area contributed by atoms with Crippen molar-refractivity contribution in [2.45, 2.75) is 31.6 Å². The number of carbonyl (C=O) groups is 1. The normalized spacial score (nSPS) is 24.1. The molecule has 0 spiro atoms. The van der Waals surface area contributed by atoms with Gasteiger partial charge in [-0.05, 0) is 54.5 Å². The molecule has 1 fully saturated rings. The Morgan fingerprint density at radius 1 is 1.10 bits per heavy atom. The summed E-state index contributed by atoms with van der Waals surface area (Å²) in [5, 5.41) is 2.94. The molecule has 2 aliphatic heterocycles. The number of carbonyl (C=O) groups excluding carboxylic acids is 1. The van der Waals surface area contributed by atoms with Crippen molar-refractivity contribution in [2.24, 2.45) is 17.8 Å². The summed E-state index contributed by atoms with van der Waals surface area (Å²) < 4.78 is 33.6. The number of para-hydroxylation sites is 1. The molecule has 1 N–H and O–H groups in total. The van der Waals surface area contributed by atoms with Crippen LogP contribution in [0.2, 0.25) is 0 Å². The molecule has 0 radical (unpaired) electrons. The Hall–Kier alpha value is -2.38. The predicted octanol–water partition coefficient (Wildman–Crippen LogP) is 3.33. The van der Waals surface area contributed by atoms with Gasteiger partial charge in [0.15, 0.2) is 0 Å². The van der Waals surface area contributed by atoms with Crippen LogP contribution in [0, 0.1) is 17.8 Å². The molecule has 1 saturated heterocycles. The quantitative estimate of drug-likeness (QED) is 0.771. The number of ether oxygens (including phenoxy) is 1. The summed E-state index contributed by atoms with van der Waals surface area (Å²) in [6, 6.07) is 14.3. The summed E-state index contributed by atoms with van der Waals surface area (Å²) in [5.41, 5.74) is 1.50. The van der Waals surface area contributed by atoms with Crippen molar-refractivity contribution >= 4 is 15.9 Å². The van der Waals surface area contributed by atoms with Crippen molar-refractivity contribution in [3.63, 3.8) is 0 Å². The number of nitrogens with one attached hydrogen (secondary N) is 1. The van der Waals surface area contributed by atoms with E-state index in [4.69, 9.17) is 4.74 Å². The molecule has 7 heteroatoms. The molecule has 4 rings (SSSR count). The molecule has 6 nitrogen and oxygen atoms in total. The van der Waals surface area contributed by atoms with Crippen LogP contribution in [-0.4, -0.2) is 44.9 Å². The summed E-state index contributed by atoms with van der Waals surface area (Å²) in [6.07, 6.45) is 1.88. The van der Waals surface area contributed by atoms with E-state index in [0.29, 0.717) is 43.6 Å². The van der Waals surface area contributed by atoms with Crippen LogP contribution >= 0.6 is 0 Å². The third-order valence-electron chi connectivity index (χ3n) is 6.08. The Morgan fingerprint density at radius 3 is 2.61 bits per heavy atom. The lowest BCUT2D eigenvalue weighted by atomic mass is 9.94. The average Bonchev–Trinajstić information content (AvgIpc) is 2.76. The maximum absolute atomic E-state index is 13.2. The second-order valence-corrected chi connectivity index (χ2v) is 10.9. The number of hydrogen-bond donors (Lipinski definition) is 1. The van der Waals surface area contributed by atoms with Crippen LogP contribution in [0.4, 0.5) is 0 Å². The van der Waals surface area contributed by atoms with E-state index < -0.39 is 10.0 Å². The highest BCUT2D eigenvalue weighted by Gasteiger charge is 2.32. The zero-order valence-electron chi connectivity index (χ0n) is 18.1. The van der Waals surface area contributed by atoms with Gasteiger partial charge in [-0.15, -0.1) is 0 Å². The van der Waals surface area contributed by atoms with Gasteiger partial charge in [0.25, 0.3) is 5.91 Å². The van der Waals surface area contributed by atoms with Gasteiger partial charge in [-0.3, -0.25) is 4.79 Å². The minimum Gasteiger partial charge on any atom is -0.493 e. The molecule has 2 aromatic rings. The summed E-state index contributed by atoms with van der Waals surface area (Å²) in [7, 11) is -3.62. The van der Waals surface area contributed by atoms with Gasteiger partial charge in [0, 0.05) is 31.1 Å². The second-order valence-electron chi connectivity index (χ2n) is 8.99. The molecular formula is C24H30N2O4S. The number of sulfonamides is 1. The first-order valence-electron chi connectivity index (χ1n) is 10.9. The van der Waals surface area contributed by atoms with E-state index in [1.54, 1.807) is 22.5 Å². The van der Waals surface area contributed by atoms with Gasteiger partial charge in [0.1, 0.15) is 5.75 Å². The van der Waals surface area contributed by atoms with Crippen LogP contribution in [0.1, 0.15) is 36.2 Å². The van der Waals surface area contributed by atoms with Crippen molar-refractivity contribution in [1.82, 2.24) is 9.62 Å². The van der Waals surface area contributed by atoms with Gasteiger partial charge in [-0.2, -0.15) is 4.31 Å². The lowest BCUT2D eigenvalue weighted by molar-refractivity contribution is 0.0939. The second kappa shape index (κ2) is 9.01. The van der Waals surface area contributed by atoms with E-state index in [1.165, 1.54) is 6.07 Å². The van der Waals surface area contributed by atoms with Gasteiger partial charge in [0.05, 0.1) is 11.5 Å². The number of rotatable bonds is 5. The Labute approximate surface area is 184 Å². The molecule has 2 aromatic carbocycles. The smallest absolute Gasteiger partial charge is 0.251 e. The van der Waals surface area contributed by atoms with Gasteiger partial charge < -0.3 is 10.1 Å². The summed E-state index contributed by atoms with van der Waals surface area (Å²) >= 11 is 0. The molecule has 1 amide bonds. The van der Waals surface area contributed by atoms with E-state index >= 15 is 0 Å². The van der Waals surface area contributed by atoms with Gasteiger partial charge >= 0.3 is 0 Å². The van der Waals surface area contributed by atoms with Crippen molar-refractivity contribution in [1.29, 1.82) is 0 Å². The van der Waals surface area contributed by atoms with Gasteiger partial charge in [0.2, 0.25) is 10.0 Å². The Morgan fingerprint density at radius 2 is 1.84 bits per heavy atom. The molecule has 0 saturated carbocycles. The standard InChI is InChI=1S/C24H30N2O4S/c1-17-10-18(2)15-26(14-17)31(28,29)22-8-5-7-21(12-22)24(27)25-13-19-11-20-6-3-4-9-23(20)30-16-19/h3-9,12,17-19H,10-11,13-16H2,1-2H3,(H,25,27). The molecule has 0 bridgehead atoms. The largest absolute Gasteiger partial charge is 0.493 e. The number of fused-ring (bicyclic) bond motifs is 1. The van der Waals surface area contributed by atoms with Crippen molar-refractivity contribution in [2.75, 3.05) is 26.2 Å². The maximum atomic E-state index is 13.2. The predicted molar refractivity (Wildman–Crippen MR) is 120 cm³/mol. The van der Waals surface area contributed by atoms with E-state index in [2.05, 4.69) is 19.2 Å². The number of benzene rings is 2. The SMILES string of the molecule is CC1CC(C)CN(S(=O)(=O)c2cccc(C(=O)NCC3COc4ccccc4C3)c2)C1. The molecular weight excluding hydrogens is 412 g/mol. The van der Waals surface area contributed by atoms with Gasteiger partial charge in [-0.25, -0.2) is 8.42 Å². The third kappa shape index (κ3) is 4.93. The fourth-order valence-electron chi connectivity index (χ4n) is 4.61. The highest BCUT2D eigenvalue weighted by molar-refractivity contribution is 7.89. The first-order valence-corrected chi connectivity index (χ1v) is 12.4. The van der Waals surface area contributed by atoms with Crippen molar-refractivity contribution in [3.05, 3.63) is 59.7 Å². The minimum absolute atomic E-state index is 0.177. The van der Waals surface area contributed by atoms with Crippen molar-refractivity contribution < 1.29 is 17.9 Å². The number of piperidine rings is 1. The molecule has 2 aliphatic rings. The monoisotopic (exact) mass is 442 g/mol. The van der Waals surface area contributed by atoms with Crippen LogP contribution in [0.5, 0.6) is 5.75 Å². The molecule has 31 heavy (non-hydrogen) atoms. The Bertz CT molecular complexity index is 1040. The van der Waals surface area contributed by atoms with E-state index in [1.807, 2.05) is 24.3 Å². The van der Waals surface area contributed by atoms with Crippen molar-refractivity contribution in [3.8, 4) is 5.75 Å². The van der Waals surface area contributed by atoms with Crippen LogP contribution < -0.4 is 10.1 Å². The van der Waals surface area contributed by atoms with E-state index in [0.717, 1.165) is 24.2 Å². The van der Waals surface area contributed by atoms with Gasteiger partial charge in [-0.1, -0.05) is 38.1 Å². The first kappa shape index (κ1) is 21.8. The molecule has 166 valence electrons. The molecule has 0 aromatic heterocycles. The lowest BCUT2D eigenvalue weighted by Gasteiger charge is -2.34. The topological polar surface area (TPSA) is 75.7 Å². The summed E-state index contributed by atoms with van der Waals surface area (Å²) in [6.45, 7) is 6.23. The molecule has 3 unspecified atom stereocenters.